The van der Waals surface area contributed by atoms with Crippen LogP contribution in [0.1, 0.15) is 22.8 Å². The van der Waals surface area contributed by atoms with Gasteiger partial charge in [-0.05, 0) is 42.7 Å². The number of nitrogens with zero attached hydrogens (tertiary/aromatic N) is 1. The maximum atomic E-state index is 13.2. The largest absolute Gasteiger partial charge is 0.495 e. The van der Waals surface area contributed by atoms with E-state index in [0.717, 1.165) is 5.56 Å². The van der Waals surface area contributed by atoms with Crippen molar-refractivity contribution in [2.24, 2.45) is 0 Å². The molecule has 1 aliphatic rings. The molecule has 0 bridgehead atoms. The molecular formula is C19H22ClNO5S2. The second-order valence-corrected chi connectivity index (χ2v) is 11.3. The number of ether oxygens (including phenoxy) is 1. The van der Waals surface area contributed by atoms with Gasteiger partial charge in [0.2, 0.25) is 10.0 Å². The third kappa shape index (κ3) is 4.05. The van der Waals surface area contributed by atoms with Crippen LogP contribution in [-0.2, 0) is 19.9 Å². The Morgan fingerprint density at radius 1 is 1.14 bits per heavy atom. The van der Waals surface area contributed by atoms with Crippen LogP contribution < -0.4 is 4.74 Å². The number of sulfonamides is 1. The predicted molar refractivity (Wildman–Crippen MR) is 109 cm³/mol. The lowest BCUT2D eigenvalue weighted by Gasteiger charge is -2.21. The van der Waals surface area contributed by atoms with E-state index in [9.17, 15) is 16.8 Å². The van der Waals surface area contributed by atoms with Crippen LogP contribution >= 0.6 is 11.6 Å². The van der Waals surface area contributed by atoms with Crippen LogP contribution in [0.25, 0.3) is 0 Å². The highest BCUT2D eigenvalue weighted by molar-refractivity contribution is 7.92. The molecule has 1 aliphatic heterocycles. The van der Waals surface area contributed by atoms with Crippen LogP contribution in [0.5, 0.6) is 5.75 Å². The fourth-order valence-corrected chi connectivity index (χ4v) is 7.33. The first-order chi connectivity index (χ1) is 13.2. The van der Waals surface area contributed by atoms with E-state index in [1.54, 1.807) is 49.4 Å². The Bertz CT molecular complexity index is 1080. The highest BCUT2D eigenvalue weighted by atomic mass is 35.5. The third-order valence-electron chi connectivity index (χ3n) is 4.89. The molecule has 0 spiro atoms. The molecule has 152 valence electrons. The molecule has 0 N–H and O–H groups in total. The van der Waals surface area contributed by atoms with E-state index >= 15 is 0 Å². The van der Waals surface area contributed by atoms with Crippen molar-refractivity contribution in [3.63, 3.8) is 0 Å². The average molecular weight is 444 g/mol. The molecule has 3 rings (SSSR count). The van der Waals surface area contributed by atoms with Crippen LogP contribution in [0.15, 0.2) is 47.4 Å². The number of hydrogen-bond acceptors (Lipinski definition) is 5. The standard InChI is InChI=1S/C19H22ClNO5S2/c1-14-7-8-17(26-2)19(13-14)28(24,25)21-10-9-18(27(22,23)12-11-21)15-5-3-4-6-16(15)20/h3-8,13,18H,9-12H2,1-2H3. The Labute approximate surface area is 171 Å². The summed E-state index contributed by atoms with van der Waals surface area (Å²) in [7, 11) is -6.06. The normalized spacial score (nSPS) is 20.5. The molecule has 1 saturated heterocycles. The number of halogens is 1. The molecule has 0 aliphatic carbocycles. The number of hydrogen-bond donors (Lipinski definition) is 0. The topological polar surface area (TPSA) is 80.8 Å². The highest BCUT2D eigenvalue weighted by Gasteiger charge is 2.37. The van der Waals surface area contributed by atoms with E-state index < -0.39 is 25.1 Å². The number of rotatable bonds is 4. The molecule has 2 aromatic carbocycles. The second kappa shape index (κ2) is 8.02. The number of sulfone groups is 1. The van der Waals surface area contributed by atoms with Crippen LogP contribution in [0.3, 0.4) is 0 Å². The molecule has 0 radical (unpaired) electrons. The number of benzene rings is 2. The minimum atomic E-state index is -3.91. The van der Waals surface area contributed by atoms with Crippen molar-refractivity contribution in [1.82, 2.24) is 4.31 Å². The zero-order valence-corrected chi connectivity index (χ0v) is 18.0. The summed E-state index contributed by atoms with van der Waals surface area (Å²) in [6.45, 7) is 1.76. The third-order valence-corrected chi connectivity index (χ3v) is 9.26. The van der Waals surface area contributed by atoms with E-state index in [-0.39, 0.29) is 35.9 Å². The van der Waals surface area contributed by atoms with Gasteiger partial charge in [0.05, 0.1) is 18.1 Å². The molecule has 1 atom stereocenters. The van der Waals surface area contributed by atoms with E-state index in [1.807, 2.05) is 0 Å². The molecule has 1 heterocycles. The summed E-state index contributed by atoms with van der Waals surface area (Å²) < 4.78 is 58.5. The van der Waals surface area contributed by atoms with Gasteiger partial charge in [-0.25, -0.2) is 16.8 Å². The van der Waals surface area contributed by atoms with E-state index in [2.05, 4.69) is 0 Å². The van der Waals surface area contributed by atoms with Gasteiger partial charge in [0.15, 0.2) is 9.84 Å². The van der Waals surface area contributed by atoms with Crippen molar-refractivity contribution in [1.29, 1.82) is 0 Å². The Morgan fingerprint density at radius 2 is 1.86 bits per heavy atom. The molecular weight excluding hydrogens is 422 g/mol. The first-order valence-corrected chi connectivity index (χ1v) is 12.3. The summed E-state index contributed by atoms with van der Waals surface area (Å²) in [5.41, 5.74) is 1.28. The highest BCUT2D eigenvalue weighted by Crippen LogP contribution is 2.36. The van der Waals surface area contributed by atoms with Gasteiger partial charge in [0.25, 0.3) is 0 Å². The van der Waals surface area contributed by atoms with Gasteiger partial charge >= 0.3 is 0 Å². The average Bonchev–Trinajstić information content (AvgIpc) is 2.80. The number of aryl methyl sites for hydroxylation is 1. The quantitative estimate of drug-likeness (QED) is 0.724. The van der Waals surface area contributed by atoms with Crippen LogP contribution in [0.4, 0.5) is 0 Å². The Morgan fingerprint density at radius 3 is 2.54 bits per heavy atom. The van der Waals surface area contributed by atoms with Crippen molar-refractivity contribution in [2.45, 2.75) is 23.5 Å². The summed E-state index contributed by atoms with van der Waals surface area (Å²) in [6.07, 6.45) is 0.138. The van der Waals surface area contributed by atoms with Crippen molar-refractivity contribution in [2.75, 3.05) is 26.0 Å². The molecule has 0 saturated carbocycles. The predicted octanol–water partition coefficient (Wildman–Crippen LogP) is 3.21. The van der Waals surface area contributed by atoms with Crippen LogP contribution in [-0.4, -0.2) is 47.1 Å². The monoisotopic (exact) mass is 443 g/mol. The van der Waals surface area contributed by atoms with Crippen molar-refractivity contribution >= 4 is 31.5 Å². The maximum Gasteiger partial charge on any atom is 0.246 e. The van der Waals surface area contributed by atoms with Crippen molar-refractivity contribution in [3.8, 4) is 5.75 Å². The SMILES string of the molecule is COc1ccc(C)cc1S(=O)(=O)N1CCC(c2ccccc2Cl)S(=O)(=O)CC1. The van der Waals surface area contributed by atoms with Gasteiger partial charge < -0.3 is 4.74 Å². The molecule has 1 fully saturated rings. The van der Waals surface area contributed by atoms with E-state index in [0.29, 0.717) is 10.6 Å². The molecule has 1 unspecified atom stereocenters. The van der Waals surface area contributed by atoms with Crippen LogP contribution in [0.2, 0.25) is 5.02 Å². The minimum Gasteiger partial charge on any atom is -0.495 e. The summed E-state index contributed by atoms with van der Waals surface area (Å²) in [4.78, 5) is 0.0450. The Kier molecular flexibility index (Phi) is 6.05. The smallest absolute Gasteiger partial charge is 0.246 e. The van der Waals surface area contributed by atoms with Gasteiger partial charge in [0.1, 0.15) is 10.6 Å². The summed E-state index contributed by atoms with van der Waals surface area (Å²) in [5.74, 6) is -0.0312. The second-order valence-electron chi connectivity index (χ2n) is 6.72. The zero-order valence-electron chi connectivity index (χ0n) is 15.6. The maximum absolute atomic E-state index is 13.2. The molecule has 28 heavy (non-hydrogen) atoms. The Hall–Kier alpha value is -1.61. The molecule has 6 nitrogen and oxygen atoms in total. The van der Waals surface area contributed by atoms with Gasteiger partial charge in [-0.15, -0.1) is 0 Å². The van der Waals surface area contributed by atoms with Gasteiger partial charge in [-0.3, -0.25) is 0 Å². The van der Waals surface area contributed by atoms with Gasteiger partial charge in [-0.1, -0.05) is 35.9 Å². The first kappa shape index (κ1) is 21.1. The number of methoxy groups -OCH3 is 1. The van der Waals surface area contributed by atoms with Crippen LogP contribution in [0, 0.1) is 6.92 Å². The lowest BCUT2D eigenvalue weighted by atomic mass is 10.1. The van der Waals surface area contributed by atoms with E-state index in [1.165, 1.54) is 11.4 Å². The van der Waals surface area contributed by atoms with E-state index in [4.69, 9.17) is 16.3 Å². The molecule has 0 amide bonds. The summed E-state index contributed by atoms with van der Waals surface area (Å²) >= 11 is 6.20. The lowest BCUT2D eigenvalue weighted by Crippen LogP contribution is -2.34. The minimum absolute atomic E-state index is 0.0450. The fraction of sp³-hybridized carbons (Fsp3) is 0.368. The van der Waals surface area contributed by atoms with Gasteiger partial charge in [-0.2, -0.15) is 4.31 Å². The Balaban J connectivity index is 1.97. The lowest BCUT2D eigenvalue weighted by molar-refractivity contribution is 0.392. The molecule has 2 aromatic rings. The van der Waals surface area contributed by atoms with Gasteiger partial charge in [0, 0.05) is 18.1 Å². The van der Waals surface area contributed by atoms with Crippen molar-refractivity contribution in [3.05, 3.63) is 58.6 Å². The summed E-state index contributed by atoms with van der Waals surface area (Å²) in [5, 5.41) is -0.464. The fourth-order valence-electron chi connectivity index (χ4n) is 3.37. The zero-order chi connectivity index (χ0) is 20.5. The molecule has 9 heteroatoms. The van der Waals surface area contributed by atoms with Crippen molar-refractivity contribution < 1.29 is 21.6 Å². The first-order valence-electron chi connectivity index (χ1n) is 8.77. The summed E-state index contributed by atoms with van der Waals surface area (Å²) in [6, 6.07) is 11.7. The molecule has 0 aromatic heterocycles.